The van der Waals surface area contributed by atoms with E-state index in [9.17, 15) is 4.79 Å². The molecule has 1 saturated heterocycles. The van der Waals surface area contributed by atoms with Crippen molar-refractivity contribution in [1.82, 2.24) is 9.80 Å². The summed E-state index contributed by atoms with van der Waals surface area (Å²) in [6.45, 7) is 4.94. The molecule has 0 N–H and O–H groups in total. The summed E-state index contributed by atoms with van der Waals surface area (Å²) in [4.78, 5) is 14.7. The van der Waals surface area contributed by atoms with Crippen molar-refractivity contribution in [2.24, 2.45) is 0 Å². The molecule has 1 aliphatic rings. The topological polar surface area (TPSA) is 42.0 Å². The zero-order chi connectivity index (χ0) is 10.7. The summed E-state index contributed by atoms with van der Waals surface area (Å²) in [5.74, 6) is 0. The Morgan fingerprint density at radius 1 is 1.07 bits per heavy atom. The smallest absolute Gasteiger partial charge is 0.323 e. The summed E-state index contributed by atoms with van der Waals surface area (Å²) < 4.78 is 10.9. The molecular formula is C9H18N2O3. The third-order valence-corrected chi connectivity index (χ3v) is 2.29. The van der Waals surface area contributed by atoms with Crippen LogP contribution in [0.15, 0.2) is 0 Å². The molecule has 14 heavy (non-hydrogen) atoms. The van der Waals surface area contributed by atoms with Crippen LogP contribution in [0.25, 0.3) is 0 Å². The van der Waals surface area contributed by atoms with E-state index in [1.54, 1.807) is 23.9 Å². The van der Waals surface area contributed by atoms with Crippen molar-refractivity contribution < 1.29 is 14.3 Å². The minimum absolute atomic E-state index is 0.0677. The Hall–Kier alpha value is -0.810. The van der Waals surface area contributed by atoms with Crippen molar-refractivity contribution in [3.8, 4) is 0 Å². The number of rotatable bonds is 4. The average molecular weight is 202 g/mol. The summed E-state index contributed by atoms with van der Waals surface area (Å²) in [6.07, 6.45) is -0.588. The Labute approximate surface area is 84.6 Å². The van der Waals surface area contributed by atoms with Gasteiger partial charge in [0.1, 0.15) is 0 Å². The minimum atomic E-state index is -0.294. The van der Waals surface area contributed by atoms with E-state index in [0.717, 1.165) is 0 Å². The van der Waals surface area contributed by atoms with Crippen LogP contribution in [0.5, 0.6) is 0 Å². The number of ether oxygens (including phenoxy) is 2. The third-order valence-electron chi connectivity index (χ3n) is 2.29. The monoisotopic (exact) mass is 202 g/mol. The van der Waals surface area contributed by atoms with Gasteiger partial charge in [0.2, 0.25) is 0 Å². The van der Waals surface area contributed by atoms with Gasteiger partial charge in [0, 0.05) is 27.3 Å². The van der Waals surface area contributed by atoms with Crippen molar-refractivity contribution in [2.45, 2.75) is 26.3 Å². The van der Waals surface area contributed by atoms with Gasteiger partial charge in [-0.25, -0.2) is 4.79 Å². The lowest BCUT2D eigenvalue weighted by Gasteiger charge is -2.24. The molecule has 0 aromatic rings. The fraction of sp³-hybridized carbons (Fsp3) is 0.889. The number of urea groups is 1. The SMILES string of the molecule is CCOC1C(OCC)N(C)C(=O)N1C. The molecule has 0 aliphatic carbocycles. The van der Waals surface area contributed by atoms with E-state index in [0.29, 0.717) is 13.2 Å². The number of carbonyl (C=O) groups excluding carboxylic acids is 1. The van der Waals surface area contributed by atoms with Crippen molar-refractivity contribution in [3.63, 3.8) is 0 Å². The van der Waals surface area contributed by atoms with Gasteiger partial charge in [0.25, 0.3) is 0 Å². The van der Waals surface area contributed by atoms with Crippen molar-refractivity contribution in [1.29, 1.82) is 0 Å². The van der Waals surface area contributed by atoms with E-state index in [1.165, 1.54) is 0 Å². The summed E-state index contributed by atoms with van der Waals surface area (Å²) >= 11 is 0. The molecule has 2 atom stereocenters. The van der Waals surface area contributed by atoms with Gasteiger partial charge in [0.05, 0.1) is 0 Å². The van der Waals surface area contributed by atoms with Crippen LogP contribution in [0.4, 0.5) is 4.79 Å². The number of carbonyl (C=O) groups is 1. The minimum Gasteiger partial charge on any atom is -0.354 e. The Kier molecular flexibility index (Phi) is 3.71. The zero-order valence-corrected chi connectivity index (χ0v) is 9.19. The lowest BCUT2D eigenvalue weighted by molar-refractivity contribution is -0.123. The van der Waals surface area contributed by atoms with Crippen molar-refractivity contribution >= 4 is 6.03 Å². The molecule has 2 amide bonds. The summed E-state index contributed by atoms with van der Waals surface area (Å²) in [7, 11) is 3.44. The van der Waals surface area contributed by atoms with Gasteiger partial charge < -0.3 is 9.47 Å². The quantitative estimate of drug-likeness (QED) is 0.674. The predicted octanol–water partition coefficient (Wildman–Crippen LogP) is 0.709. The fourth-order valence-corrected chi connectivity index (χ4v) is 1.58. The molecule has 0 bridgehead atoms. The van der Waals surface area contributed by atoms with Gasteiger partial charge in [-0.2, -0.15) is 0 Å². The molecule has 82 valence electrons. The first-order chi connectivity index (χ1) is 6.63. The first-order valence-electron chi connectivity index (χ1n) is 4.86. The normalized spacial score (nSPS) is 27.6. The summed E-state index contributed by atoms with van der Waals surface area (Å²) in [5, 5.41) is 0. The van der Waals surface area contributed by atoms with Gasteiger partial charge in [0.15, 0.2) is 12.5 Å². The van der Waals surface area contributed by atoms with Crippen LogP contribution in [-0.2, 0) is 9.47 Å². The van der Waals surface area contributed by atoms with Crippen LogP contribution in [0.1, 0.15) is 13.8 Å². The average Bonchev–Trinajstić information content (AvgIpc) is 2.36. The lowest BCUT2D eigenvalue weighted by Crippen LogP contribution is -2.39. The first kappa shape index (κ1) is 11.3. The number of amides is 2. The van der Waals surface area contributed by atoms with Crippen LogP contribution < -0.4 is 0 Å². The lowest BCUT2D eigenvalue weighted by atomic mass is 10.4. The van der Waals surface area contributed by atoms with Crippen molar-refractivity contribution in [3.05, 3.63) is 0 Å². The maximum Gasteiger partial charge on any atom is 0.323 e. The second-order valence-electron chi connectivity index (χ2n) is 3.20. The number of nitrogens with zero attached hydrogens (tertiary/aromatic N) is 2. The standard InChI is InChI=1S/C9H18N2O3/c1-5-13-7-8(14-6-2)11(4)9(12)10(7)3/h7-8H,5-6H2,1-4H3. The Morgan fingerprint density at radius 2 is 1.43 bits per heavy atom. The van der Waals surface area contributed by atoms with Crippen LogP contribution in [-0.4, -0.2) is 55.6 Å². The second kappa shape index (κ2) is 4.61. The van der Waals surface area contributed by atoms with E-state index >= 15 is 0 Å². The molecule has 0 saturated carbocycles. The predicted molar refractivity (Wildman–Crippen MR) is 51.8 cm³/mol. The first-order valence-corrected chi connectivity index (χ1v) is 4.86. The summed E-state index contributed by atoms with van der Waals surface area (Å²) in [5.41, 5.74) is 0. The highest BCUT2D eigenvalue weighted by atomic mass is 16.6. The van der Waals surface area contributed by atoms with Gasteiger partial charge in [-0.05, 0) is 13.8 Å². The molecule has 1 fully saturated rings. The van der Waals surface area contributed by atoms with Crippen LogP contribution in [0.2, 0.25) is 0 Å². The molecule has 0 radical (unpaired) electrons. The van der Waals surface area contributed by atoms with Gasteiger partial charge in [-0.3, -0.25) is 9.80 Å². The van der Waals surface area contributed by atoms with Crippen LogP contribution in [0, 0.1) is 0 Å². The molecular weight excluding hydrogens is 184 g/mol. The highest BCUT2D eigenvalue weighted by Crippen LogP contribution is 2.21. The van der Waals surface area contributed by atoms with Gasteiger partial charge >= 0.3 is 6.03 Å². The van der Waals surface area contributed by atoms with Gasteiger partial charge in [-0.1, -0.05) is 0 Å². The molecule has 5 nitrogen and oxygen atoms in total. The maximum atomic E-state index is 11.6. The highest BCUT2D eigenvalue weighted by Gasteiger charge is 2.43. The van der Waals surface area contributed by atoms with Gasteiger partial charge in [-0.15, -0.1) is 0 Å². The largest absolute Gasteiger partial charge is 0.354 e. The molecule has 0 spiro atoms. The Balaban J connectivity index is 2.72. The third kappa shape index (κ3) is 1.83. The van der Waals surface area contributed by atoms with E-state index in [1.807, 2.05) is 13.8 Å². The molecule has 0 aromatic carbocycles. The van der Waals surface area contributed by atoms with Crippen LogP contribution in [0.3, 0.4) is 0 Å². The van der Waals surface area contributed by atoms with Crippen LogP contribution >= 0.6 is 0 Å². The second-order valence-corrected chi connectivity index (χ2v) is 3.20. The Morgan fingerprint density at radius 3 is 1.71 bits per heavy atom. The van der Waals surface area contributed by atoms with Crippen molar-refractivity contribution in [2.75, 3.05) is 27.3 Å². The van der Waals surface area contributed by atoms with E-state index in [4.69, 9.17) is 9.47 Å². The van der Waals surface area contributed by atoms with E-state index < -0.39 is 0 Å². The summed E-state index contributed by atoms with van der Waals surface area (Å²) in [6, 6.07) is -0.0677. The zero-order valence-electron chi connectivity index (χ0n) is 9.19. The molecule has 5 heteroatoms. The molecule has 1 rings (SSSR count). The van der Waals surface area contributed by atoms with E-state index in [2.05, 4.69) is 0 Å². The fourth-order valence-electron chi connectivity index (χ4n) is 1.58. The van der Waals surface area contributed by atoms with E-state index in [-0.39, 0.29) is 18.5 Å². The molecule has 1 heterocycles. The number of hydrogen-bond acceptors (Lipinski definition) is 3. The molecule has 1 aliphatic heterocycles. The Bertz CT molecular complexity index is 190. The molecule has 0 aromatic heterocycles. The highest BCUT2D eigenvalue weighted by molar-refractivity contribution is 5.76. The number of likely N-dealkylation sites (N-methyl/N-ethyl adjacent to an activating group) is 2. The maximum absolute atomic E-state index is 11.6. The number of hydrogen-bond donors (Lipinski definition) is 0. The molecule has 2 unspecified atom stereocenters.